The van der Waals surface area contributed by atoms with Crippen LogP contribution in [0, 0.1) is 0 Å². The predicted molar refractivity (Wildman–Crippen MR) is 82.4 cm³/mol. The molecule has 0 saturated carbocycles. The molecule has 0 spiro atoms. The Morgan fingerprint density at radius 1 is 1.26 bits per heavy atom. The summed E-state index contributed by atoms with van der Waals surface area (Å²) in [5, 5.41) is 22.9. The van der Waals surface area contributed by atoms with E-state index >= 15 is 0 Å². The number of benzene rings is 1. The van der Waals surface area contributed by atoms with Crippen molar-refractivity contribution in [2.45, 2.75) is 12.5 Å². The van der Waals surface area contributed by atoms with Crippen molar-refractivity contribution in [2.75, 3.05) is 32.8 Å². The maximum Gasteiger partial charge on any atom is 0.134 e. The summed E-state index contributed by atoms with van der Waals surface area (Å²) in [7, 11) is 0. The highest BCUT2D eigenvalue weighted by molar-refractivity contribution is 9.11. The van der Waals surface area contributed by atoms with E-state index in [-0.39, 0.29) is 18.4 Å². The number of hydrogen-bond acceptors (Lipinski definition) is 4. The van der Waals surface area contributed by atoms with Gasteiger partial charge in [-0.25, -0.2) is 0 Å². The number of piperazine rings is 1. The maximum absolute atomic E-state index is 10.3. The van der Waals surface area contributed by atoms with Gasteiger partial charge in [-0.3, -0.25) is 4.90 Å². The lowest BCUT2D eigenvalue weighted by molar-refractivity contribution is 0.139. The first-order chi connectivity index (χ1) is 9.13. The number of rotatable bonds is 4. The molecule has 1 aliphatic heterocycles. The first-order valence-corrected chi connectivity index (χ1v) is 7.95. The minimum Gasteiger partial charge on any atom is -0.506 e. The number of aromatic hydroxyl groups is 1. The fraction of sp³-hybridized carbons (Fsp3) is 0.538. The minimum absolute atomic E-state index is 0.0425. The molecule has 0 amide bonds. The Balaban J connectivity index is 2.32. The zero-order valence-electron chi connectivity index (χ0n) is 10.6. The highest BCUT2D eigenvalue weighted by Crippen LogP contribution is 2.38. The van der Waals surface area contributed by atoms with E-state index < -0.39 is 0 Å². The number of nitrogens with zero attached hydrogens (tertiary/aromatic N) is 1. The Hall–Kier alpha value is -0.140. The fourth-order valence-electron chi connectivity index (χ4n) is 2.49. The summed E-state index contributed by atoms with van der Waals surface area (Å²) in [6.45, 7) is 3.84. The first kappa shape index (κ1) is 15.3. The molecule has 1 aromatic carbocycles. The number of nitrogens with one attached hydrogen (secondary N) is 1. The van der Waals surface area contributed by atoms with Gasteiger partial charge in [0.2, 0.25) is 0 Å². The molecule has 3 N–H and O–H groups in total. The molecule has 19 heavy (non-hydrogen) atoms. The zero-order chi connectivity index (χ0) is 13.8. The van der Waals surface area contributed by atoms with Crippen LogP contribution in [-0.4, -0.2) is 47.9 Å². The van der Waals surface area contributed by atoms with E-state index in [4.69, 9.17) is 0 Å². The number of aliphatic hydroxyl groups excluding tert-OH is 1. The molecule has 0 unspecified atom stereocenters. The third-order valence-corrected chi connectivity index (χ3v) is 4.47. The van der Waals surface area contributed by atoms with E-state index in [1.54, 1.807) is 0 Å². The van der Waals surface area contributed by atoms with Crippen LogP contribution in [0.4, 0.5) is 0 Å². The Morgan fingerprint density at radius 3 is 2.58 bits per heavy atom. The molecule has 1 aromatic rings. The van der Waals surface area contributed by atoms with Crippen LogP contribution < -0.4 is 5.32 Å². The van der Waals surface area contributed by atoms with E-state index in [0.717, 1.165) is 36.2 Å². The van der Waals surface area contributed by atoms with Crippen molar-refractivity contribution in [1.82, 2.24) is 10.2 Å². The molecule has 0 radical (unpaired) electrons. The second-order valence-electron chi connectivity index (χ2n) is 4.64. The quantitative estimate of drug-likeness (QED) is 0.734. The first-order valence-electron chi connectivity index (χ1n) is 6.37. The Morgan fingerprint density at radius 2 is 1.95 bits per heavy atom. The van der Waals surface area contributed by atoms with E-state index in [1.165, 1.54) is 0 Å². The molecule has 1 saturated heterocycles. The van der Waals surface area contributed by atoms with Crippen molar-refractivity contribution in [3.63, 3.8) is 0 Å². The molecule has 4 nitrogen and oxygen atoms in total. The van der Waals surface area contributed by atoms with Crippen molar-refractivity contribution in [3.05, 3.63) is 26.6 Å². The van der Waals surface area contributed by atoms with E-state index in [9.17, 15) is 10.2 Å². The van der Waals surface area contributed by atoms with Crippen LogP contribution in [0.1, 0.15) is 18.0 Å². The normalized spacial score (nSPS) is 18.5. The average Bonchev–Trinajstić information content (AvgIpc) is 2.41. The van der Waals surface area contributed by atoms with Crippen LogP contribution in [0.25, 0.3) is 0 Å². The van der Waals surface area contributed by atoms with Crippen LogP contribution in [0.5, 0.6) is 5.75 Å². The number of aliphatic hydroxyl groups is 1. The lowest BCUT2D eigenvalue weighted by atomic mass is 10.0. The molecule has 1 atom stereocenters. The standard InChI is InChI=1S/C13H18Br2N2O2/c14-9-7-10(13(19)11(15)8-9)12(1-6-18)17-4-2-16-3-5-17/h7-8,12,16,18-19H,1-6H2/t12-/m0/s1. The zero-order valence-corrected chi connectivity index (χ0v) is 13.7. The molecular formula is C13H18Br2N2O2. The Kier molecular flexibility index (Phi) is 5.65. The van der Waals surface area contributed by atoms with Crippen molar-refractivity contribution in [3.8, 4) is 5.75 Å². The smallest absolute Gasteiger partial charge is 0.134 e. The molecule has 1 aliphatic rings. The molecule has 6 heteroatoms. The maximum atomic E-state index is 10.3. The monoisotopic (exact) mass is 392 g/mol. The fourth-order valence-corrected chi connectivity index (χ4v) is 3.75. The lowest BCUT2D eigenvalue weighted by Crippen LogP contribution is -2.45. The Bertz CT molecular complexity index is 437. The summed E-state index contributed by atoms with van der Waals surface area (Å²) in [4.78, 5) is 2.31. The van der Waals surface area contributed by atoms with Gasteiger partial charge in [-0.05, 0) is 34.5 Å². The van der Waals surface area contributed by atoms with Gasteiger partial charge in [-0.15, -0.1) is 0 Å². The van der Waals surface area contributed by atoms with Crippen LogP contribution in [-0.2, 0) is 0 Å². The predicted octanol–water partition coefficient (Wildman–Crippen LogP) is 2.25. The summed E-state index contributed by atoms with van der Waals surface area (Å²) in [5.41, 5.74) is 0.859. The van der Waals surface area contributed by atoms with Gasteiger partial charge in [-0.1, -0.05) is 15.9 Å². The average molecular weight is 394 g/mol. The van der Waals surface area contributed by atoms with Crippen molar-refractivity contribution in [1.29, 1.82) is 0 Å². The molecular weight excluding hydrogens is 376 g/mol. The summed E-state index contributed by atoms with van der Waals surface area (Å²) in [6.07, 6.45) is 0.621. The van der Waals surface area contributed by atoms with Gasteiger partial charge in [0.05, 0.1) is 4.47 Å². The van der Waals surface area contributed by atoms with Crippen LogP contribution in [0.15, 0.2) is 21.1 Å². The van der Waals surface area contributed by atoms with E-state index in [2.05, 4.69) is 42.1 Å². The second kappa shape index (κ2) is 7.04. The molecule has 106 valence electrons. The molecule has 1 heterocycles. The topological polar surface area (TPSA) is 55.7 Å². The third-order valence-electron chi connectivity index (χ3n) is 3.41. The molecule has 0 bridgehead atoms. The van der Waals surface area contributed by atoms with Crippen LogP contribution >= 0.6 is 31.9 Å². The number of hydrogen-bond donors (Lipinski definition) is 3. The van der Waals surface area contributed by atoms with Crippen molar-refractivity contribution >= 4 is 31.9 Å². The lowest BCUT2D eigenvalue weighted by Gasteiger charge is -2.35. The van der Waals surface area contributed by atoms with E-state index in [1.807, 2.05) is 12.1 Å². The number of halogens is 2. The van der Waals surface area contributed by atoms with E-state index in [0.29, 0.717) is 10.9 Å². The van der Waals surface area contributed by atoms with Crippen LogP contribution in [0.2, 0.25) is 0 Å². The van der Waals surface area contributed by atoms with Gasteiger partial charge in [0.25, 0.3) is 0 Å². The van der Waals surface area contributed by atoms with Crippen LogP contribution in [0.3, 0.4) is 0 Å². The number of phenolic OH excluding ortho intramolecular Hbond substituents is 1. The third kappa shape index (κ3) is 3.70. The Labute approximate surface area is 130 Å². The van der Waals surface area contributed by atoms with Gasteiger partial charge >= 0.3 is 0 Å². The highest BCUT2D eigenvalue weighted by Gasteiger charge is 2.25. The SMILES string of the molecule is OCC[C@@H](c1cc(Br)cc(Br)c1O)N1CCNCC1. The highest BCUT2D eigenvalue weighted by atomic mass is 79.9. The van der Waals surface area contributed by atoms with Crippen molar-refractivity contribution < 1.29 is 10.2 Å². The number of phenols is 1. The summed E-state index contributed by atoms with van der Waals surface area (Å²) < 4.78 is 1.60. The van der Waals surface area contributed by atoms with Gasteiger partial charge in [-0.2, -0.15) is 0 Å². The van der Waals surface area contributed by atoms with Gasteiger partial charge in [0, 0.05) is 48.9 Å². The molecule has 1 fully saturated rings. The summed E-state index contributed by atoms with van der Waals surface area (Å²) >= 11 is 6.82. The molecule has 2 rings (SSSR count). The minimum atomic E-state index is 0.0425. The van der Waals surface area contributed by atoms with Gasteiger partial charge < -0.3 is 15.5 Å². The summed E-state index contributed by atoms with van der Waals surface area (Å²) in [5.74, 6) is 0.264. The summed E-state index contributed by atoms with van der Waals surface area (Å²) in [6, 6.07) is 3.80. The largest absolute Gasteiger partial charge is 0.506 e. The molecule has 0 aliphatic carbocycles. The molecule has 0 aromatic heterocycles. The van der Waals surface area contributed by atoms with Gasteiger partial charge in [0.1, 0.15) is 5.75 Å². The van der Waals surface area contributed by atoms with Gasteiger partial charge in [0.15, 0.2) is 0 Å². The second-order valence-corrected chi connectivity index (χ2v) is 6.41. The van der Waals surface area contributed by atoms with Crippen molar-refractivity contribution in [2.24, 2.45) is 0 Å².